The van der Waals surface area contributed by atoms with Crippen molar-refractivity contribution in [1.29, 1.82) is 5.26 Å². The number of nitrogens with one attached hydrogen (secondary N) is 2. The molecule has 0 bridgehead atoms. The summed E-state index contributed by atoms with van der Waals surface area (Å²) in [6.07, 6.45) is 0. The fourth-order valence-electron chi connectivity index (χ4n) is 3.66. The molecule has 1 spiro atoms. The minimum Gasteiger partial charge on any atom is -0.420 e. The lowest BCUT2D eigenvalue weighted by Crippen LogP contribution is -2.43. The van der Waals surface area contributed by atoms with Crippen molar-refractivity contribution in [3.05, 3.63) is 51.5 Å². The smallest absolute Gasteiger partial charge is 0.245 e. The van der Waals surface area contributed by atoms with Crippen LogP contribution in [0.25, 0.3) is 0 Å². The summed E-state index contributed by atoms with van der Waals surface area (Å²) in [7, 11) is 0. The third kappa shape index (κ3) is 1.88. The molecule has 2 aliphatic heterocycles. The van der Waals surface area contributed by atoms with E-state index in [9.17, 15) is 10.1 Å². The number of aromatic amines is 1. The summed E-state index contributed by atoms with van der Waals surface area (Å²) in [4.78, 5) is 13.3. The summed E-state index contributed by atoms with van der Waals surface area (Å²) in [6.45, 7) is 5.94. The molecule has 26 heavy (non-hydrogen) atoms. The summed E-state index contributed by atoms with van der Waals surface area (Å²) in [6, 6.07) is 7.13. The molecule has 1 unspecified atom stereocenters. The number of nitrogens with two attached hydrogens (primary N) is 1. The van der Waals surface area contributed by atoms with Gasteiger partial charge in [-0.1, -0.05) is 32.4 Å². The van der Waals surface area contributed by atoms with Gasteiger partial charge in [0.05, 0.1) is 5.56 Å². The van der Waals surface area contributed by atoms with E-state index in [-0.39, 0.29) is 28.7 Å². The molecule has 2 aliphatic rings. The third-order valence-electron chi connectivity index (χ3n) is 4.77. The summed E-state index contributed by atoms with van der Waals surface area (Å²) in [5, 5.41) is 20.3. The highest BCUT2D eigenvalue weighted by molar-refractivity contribution is 6.31. The number of fused-ring (bicyclic) bond motifs is 4. The highest BCUT2D eigenvalue weighted by Crippen LogP contribution is 2.55. The number of nitrogens with zero attached hydrogens (tertiary/aromatic N) is 2. The zero-order valence-corrected chi connectivity index (χ0v) is 15.2. The maximum absolute atomic E-state index is 13.3. The number of hydrogen-bond acceptors (Lipinski definition) is 5. The Labute approximate surface area is 154 Å². The average molecular weight is 370 g/mol. The zero-order chi connectivity index (χ0) is 18.9. The first-order valence-electron chi connectivity index (χ1n) is 8.00. The van der Waals surface area contributed by atoms with Crippen LogP contribution in [0.5, 0.6) is 5.88 Å². The SMILES string of the molecule is CC(C)(C)c1[nH]nc2c1C1(C(=O)Nc3ccc(Cl)cc31)C(C#N)=C(N)O2. The molecule has 1 aromatic carbocycles. The van der Waals surface area contributed by atoms with Crippen LogP contribution in [0.3, 0.4) is 0 Å². The summed E-state index contributed by atoms with van der Waals surface area (Å²) in [5.41, 5.74) is 6.51. The lowest BCUT2D eigenvalue weighted by molar-refractivity contribution is -0.118. The molecule has 8 heteroatoms. The second-order valence-corrected chi connectivity index (χ2v) is 7.81. The number of aromatic nitrogens is 2. The van der Waals surface area contributed by atoms with Crippen molar-refractivity contribution in [3.63, 3.8) is 0 Å². The molecule has 1 aromatic heterocycles. The van der Waals surface area contributed by atoms with E-state index in [1.165, 1.54) is 0 Å². The van der Waals surface area contributed by atoms with Crippen molar-refractivity contribution in [3.8, 4) is 11.9 Å². The molecule has 132 valence electrons. The normalized spacial score (nSPS) is 21.1. The Morgan fingerprint density at radius 2 is 2.12 bits per heavy atom. The number of benzene rings is 1. The van der Waals surface area contributed by atoms with Crippen LogP contribution in [0, 0.1) is 11.3 Å². The van der Waals surface area contributed by atoms with Crippen molar-refractivity contribution < 1.29 is 9.53 Å². The van der Waals surface area contributed by atoms with Gasteiger partial charge in [0.2, 0.25) is 17.7 Å². The van der Waals surface area contributed by atoms with E-state index < -0.39 is 5.41 Å². The van der Waals surface area contributed by atoms with Gasteiger partial charge in [0.25, 0.3) is 0 Å². The Hall–Kier alpha value is -2.98. The van der Waals surface area contributed by atoms with Gasteiger partial charge in [-0.05, 0) is 18.2 Å². The molecule has 4 N–H and O–H groups in total. The van der Waals surface area contributed by atoms with E-state index in [1.807, 2.05) is 20.8 Å². The maximum Gasteiger partial charge on any atom is 0.245 e. The first-order valence-corrected chi connectivity index (χ1v) is 8.38. The molecule has 2 aromatic rings. The molecule has 0 saturated heterocycles. The molecule has 4 rings (SSSR count). The number of carbonyl (C=O) groups excluding carboxylic acids is 1. The molecular weight excluding hydrogens is 354 g/mol. The third-order valence-corrected chi connectivity index (χ3v) is 5.01. The monoisotopic (exact) mass is 369 g/mol. The van der Waals surface area contributed by atoms with Crippen LogP contribution >= 0.6 is 11.6 Å². The van der Waals surface area contributed by atoms with Crippen LogP contribution < -0.4 is 15.8 Å². The first kappa shape index (κ1) is 16.5. The second-order valence-electron chi connectivity index (χ2n) is 7.38. The highest BCUT2D eigenvalue weighted by atomic mass is 35.5. The standard InChI is InChI=1S/C18H16ClN5O2/c1-17(2,3)13-12-15(24-23-13)26-14(21)10(7-20)18(12)9-6-8(19)4-5-11(9)22-16(18)25/h4-6H,21H2,1-3H3,(H,22,25)(H,23,24). The summed E-state index contributed by atoms with van der Waals surface area (Å²) >= 11 is 6.21. The Morgan fingerprint density at radius 1 is 1.38 bits per heavy atom. The van der Waals surface area contributed by atoms with Crippen LogP contribution in [0.15, 0.2) is 29.7 Å². The number of hydrogen-bond donors (Lipinski definition) is 3. The van der Waals surface area contributed by atoms with Gasteiger partial charge in [0.1, 0.15) is 17.1 Å². The fourth-order valence-corrected chi connectivity index (χ4v) is 3.84. The number of anilines is 1. The molecular formula is C18H16ClN5O2. The van der Waals surface area contributed by atoms with Crippen molar-refractivity contribution in [2.24, 2.45) is 5.73 Å². The van der Waals surface area contributed by atoms with Gasteiger partial charge in [-0.25, -0.2) is 0 Å². The van der Waals surface area contributed by atoms with E-state index in [1.54, 1.807) is 18.2 Å². The number of carbonyl (C=O) groups is 1. The van der Waals surface area contributed by atoms with Gasteiger partial charge in [0, 0.05) is 27.4 Å². The quantitative estimate of drug-likeness (QED) is 0.660. The van der Waals surface area contributed by atoms with Gasteiger partial charge in [-0.2, -0.15) is 5.26 Å². The average Bonchev–Trinajstić information content (AvgIpc) is 3.09. The number of H-pyrrole nitrogens is 1. The van der Waals surface area contributed by atoms with Gasteiger partial charge in [0.15, 0.2) is 0 Å². The summed E-state index contributed by atoms with van der Waals surface area (Å²) in [5.74, 6) is -0.338. The van der Waals surface area contributed by atoms with Gasteiger partial charge in [-0.3, -0.25) is 9.89 Å². The Balaban J connectivity index is 2.18. The van der Waals surface area contributed by atoms with Crippen LogP contribution in [-0.2, 0) is 15.6 Å². The molecule has 1 amide bonds. The predicted octanol–water partition coefficient (Wildman–Crippen LogP) is 2.69. The Morgan fingerprint density at radius 3 is 2.77 bits per heavy atom. The van der Waals surface area contributed by atoms with E-state index in [0.29, 0.717) is 27.5 Å². The number of halogens is 1. The van der Waals surface area contributed by atoms with Crippen molar-refractivity contribution in [1.82, 2.24) is 10.2 Å². The second kappa shape index (κ2) is 5.02. The number of amides is 1. The topological polar surface area (TPSA) is 117 Å². The number of nitriles is 1. The lowest BCUT2D eigenvalue weighted by atomic mass is 9.67. The van der Waals surface area contributed by atoms with E-state index in [4.69, 9.17) is 22.1 Å². The van der Waals surface area contributed by atoms with Crippen LogP contribution in [0.4, 0.5) is 5.69 Å². The van der Waals surface area contributed by atoms with Gasteiger partial charge < -0.3 is 15.8 Å². The Kier molecular flexibility index (Phi) is 3.18. The van der Waals surface area contributed by atoms with Crippen molar-refractivity contribution >= 4 is 23.2 Å². The molecule has 0 aliphatic carbocycles. The molecule has 0 saturated carbocycles. The molecule has 0 fully saturated rings. The molecule has 1 atom stereocenters. The maximum atomic E-state index is 13.3. The lowest BCUT2D eigenvalue weighted by Gasteiger charge is -2.34. The number of ether oxygens (including phenoxy) is 1. The Bertz CT molecular complexity index is 1040. The van der Waals surface area contributed by atoms with E-state index >= 15 is 0 Å². The van der Waals surface area contributed by atoms with Crippen molar-refractivity contribution in [2.45, 2.75) is 31.6 Å². The minimum absolute atomic E-state index is 0.0235. The largest absolute Gasteiger partial charge is 0.420 e. The molecule has 0 radical (unpaired) electrons. The van der Waals surface area contributed by atoms with Crippen LogP contribution in [0.1, 0.15) is 37.6 Å². The van der Waals surface area contributed by atoms with Crippen LogP contribution in [0.2, 0.25) is 5.02 Å². The summed E-state index contributed by atoms with van der Waals surface area (Å²) < 4.78 is 5.57. The van der Waals surface area contributed by atoms with E-state index in [0.717, 1.165) is 0 Å². The zero-order valence-electron chi connectivity index (χ0n) is 14.4. The van der Waals surface area contributed by atoms with Crippen molar-refractivity contribution in [2.75, 3.05) is 5.32 Å². The van der Waals surface area contributed by atoms with E-state index in [2.05, 4.69) is 21.6 Å². The predicted molar refractivity (Wildman–Crippen MR) is 95.6 cm³/mol. The highest BCUT2D eigenvalue weighted by Gasteiger charge is 2.59. The van der Waals surface area contributed by atoms with Gasteiger partial charge >= 0.3 is 0 Å². The number of rotatable bonds is 0. The molecule has 3 heterocycles. The molecule has 7 nitrogen and oxygen atoms in total. The van der Waals surface area contributed by atoms with Crippen LogP contribution in [-0.4, -0.2) is 16.1 Å². The fraction of sp³-hybridized carbons (Fsp3) is 0.278. The van der Waals surface area contributed by atoms with Gasteiger partial charge in [-0.15, -0.1) is 5.10 Å². The minimum atomic E-state index is -1.46. The first-order chi connectivity index (χ1) is 12.2.